The van der Waals surface area contributed by atoms with Crippen LogP contribution in [0.15, 0.2) is 29.2 Å². The first-order chi connectivity index (χ1) is 9.84. The highest BCUT2D eigenvalue weighted by molar-refractivity contribution is 8.08. The molecule has 0 spiro atoms. The largest absolute Gasteiger partial charge is 0.771 e. The van der Waals surface area contributed by atoms with Gasteiger partial charge in [0.05, 0.1) is 4.90 Å². The van der Waals surface area contributed by atoms with E-state index in [4.69, 9.17) is 5.53 Å². The van der Waals surface area contributed by atoms with Crippen LogP contribution >= 0.6 is 0 Å². The number of hydrogen-bond acceptors (Lipinski definition) is 4. The Bertz CT molecular complexity index is 718. The van der Waals surface area contributed by atoms with E-state index in [1.54, 1.807) is 0 Å². The molecule has 0 aromatic heterocycles. The average Bonchev–Trinajstić information content (AvgIpc) is 2.90. The van der Waals surface area contributed by atoms with Crippen LogP contribution in [0.3, 0.4) is 0 Å². The van der Waals surface area contributed by atoms with Crippen LogP contribution in [-0.4, -0.2) is 31.8 Å². The van der Waals surface area contributed by atoms with Crippen molar-refractivity contribution in [1.82, 2.24) is 0 Å². The van der Waals surface area contributed by atoms with E-state index in [9.17, 15) is 21.6 Å². The molecule has 0 N–H and O–H groups in total. The predicted octanol–water partition coefficient (Wildman–Crippen LogP) is 1.42. The monoisotopic (exact) mass is 331 g/mol. The van der Waals surface area contributed by atoms with Crippen LogP contribution in [0.2, 0.25) is 0 Å². The molecular weight excluding hydrogens is 319 g/mol. The second kappa shape index (κ2) is 5.76. The molecule has 0 saturated heterocycles. The summed E-state index contributed by atoms with van der Waals surface area (Å²) in [6.45, 7) is 0. The third-order valence-electron chi connectivity index (χ3n) is 3.59. The van der Waals surface area contributed by atoms with Crippen molar-refractivity contribution in [2.45, 2.75) is 35.3 Å². The topological polar surface area (TPSA) is 111 Å². The first-order valence-corrected chi connectivity index (χ1v) is 8.73. The van der Waals surface area contributed by atoms with Crippen molar-refractivity contribution in [3.05, 3.63) is 35.6 Å². The predicted molar refractivity (Wildman–Crippen MR) is 72.3 cm³/mol. The molecule has 1 atom stereocenters. The third kappa shape index (κ3) is 2.69. The van der Waals surface area contributed by atoms with Gasteiger partial charge in [-0.25, -0.2) is 12.8 Å². The molecule has 0 heterocycles. The molecule has 6 nitrogen and oxygen atoms in total. The van der Waals surface area contributed by atoms with Gasteiger partial charge in [-0.15, -0.1) is 0 Å². The molecule has 21 heavy (non-hydrogen) atoms. The molecule has 1 aromatic rings. The smallest absolute Gasteiger partial charge is 0.403 e. The molecule has 1 unspecified atom stereocenters. The summed E-state index contributed by atoms with van der Waals surface area (Å²) in [5.41, 5.74) is 9.11. The lowest BCUT2D eigenvalue weighted by Crippen LogP contribution is -2.45. The Morgan fingerprint density at radius 2 is 1.81 bits per heavy atom. The Balaban J connectivity index is 2.58. The summed E-state index contributed by atoms with van der Waals surface area (Å²) in [5, 5.41) is -0.799. The molecule has 114 valence electrons. The Morgan fingerprint density at radius 3 is 2.24 bits per heavy atom. The first-order valence-electron chi connectivity index (χ1n) is 6.17. The molecule has 1 aliphatic carbocycles. The summed E-state index contributed by atoms with van der Waals surface area (Å²) in [6, 6.07) is 3.90. The van der Waals surface area contributed by atoms with Crippen molar-refractivity contribution < 1.29 is 26.4 Å². The fourth-order valence-corrected chi connectivity index (χ4v) is 5.37. The summed E-state index contributed by atoms with van der Waals surface area (Å²) in [7, 11) is -4.31. The highest BCUT2D eigenvalue weighted by Gasteiger charge is 2.53. The van der Waals surface area contributed by atoms with E-state index < -0.39 is 36.5 Å². The highest BCUT2D eigenvalue weighted by Crippen LogP contribution is 2.38. The SMILES string of the molecule is [N-]=[N+]=C(C1(S(=O)[O-])CCCC1)S(=O)(=O)c1ccc(F)cc1. The van der Waals surface area contributed by atoms with Crippen molar-refractivity contribution in [3.8, 4) is 0 Å². The molecule has 0 aliphatic heterocycles. The minimum atomic E-state index is -4.31. The Hall–Kier alpha value is -1.41. The van der Waals surface area contributed by atoms with E-state index in [2.05, 4.69) is 4.79 Å². The molecule has 1 saturated carbocycles. The van der Waals surface area contributed by atoms with Crippen LogP contribution in [0, 0.1) is 5.82 Å². The van der Waals surface area contributed by atoms with E-state index in [0.717, 1.165) is 24.3 Å². The molecule has 1 fully saturated rings. The molecule has 0 bridgehead atoms. The lowest BCUT2D eigenvalue weighted by molar-refractivity contribution is -0.00618. The van der Waals surface area contributed by atoms with Crippen molar-refractivity contribution in [2.75, 3.05) is 0 Å². The highest BCUT2D eigenvalue weighted by atomic mass is 32.2. The number of sulfone groups is 1. The zero-order valence-electron chi connectivity index (χ0n) is 10.9. The Morgan fingerprint density at radius 1 is 1.29 bits per heavy atom. The maximum Gasteiger partial charge on any atom is 0.403 e. The van der Waals surface area contributed by atoms with Gasteiger partial charge in [0.2, 0.25) is 0 Å². The second-order valence-corrected chi connectivity index (χ2v) is 7.91. The minimum Gasteiger partial charge on any atom is -0.771 e. The minimum absolute atomic E-state index is 0.0724. The standard InChI is InChI=1S/C12H13FN2O4S2/c13-9-3-5-10(6-4-9)21(18,19)11(15-14)12(20(16)17)7-1-2-8-12/h3-6H,1-2,7-8H2,(H,16,17)/p-1. The lowest BCUT2D eigenvalue weighted by Gasteiger charge is -2.26. The second-order valence-electron chi connectivity index (χ2n) is 4.80. The fourth-order valence-electron chi connectivity index (χ4n) is 2.51. The zero-order valence-corrected chi connectivity index (χ0v) is 12.5. The van der Waals surface area contributed by atoms with Gasteiger partial charge in [0.25, 0.3) is 9.84 Å². The summed E-state index contributed by atoms with van der Waals surface area (Å²) >= 11 is -2.75. The molecule has 0 radical (unpaired) electrons. The lowest BCUT2D eigenvalue weighted by atomic mass is 10.1. The van der Waals surface area contributed by atoms with Crippen molar-refractivity contribution in [3.63, 3.8) is 0 Å². The molecule has 1 aliphatic rings. The number of nitrogens with zero attached hydrogens (tertiary/aromatic N) is 2. The molecular formula is C12H12FN2O4S2-. The Labute approximate surface area is 123 Å². The average molecular weight is 331 g/mol. The van der Waals surface area contributed by atoms with E-state index in [1.165, 1.54) is 0 Å². The first kappa shape index (κ1) is 16.0. The van der Waals surface area contributed by atoms with Gasteiger partial charge in [0.1, 0.15) is 10.6 Å². The van der Waals surface area contributed by atoms with Gasteiger partial charge in [-0.3, -0.25) is 4.21 Å². The zero-order chi connectivity index (χ0) is 15.7. The summed E-state index contributed by atoms with van der Waals surface area (Å²) in [4.78, 5) is 2.46. The maximum atomic E-state index is 12.9. The van der Waals surface area contributed by atoms with Gasteiger partial charge in [-0.05, 0) is 48.2 Å². The summed E-state index contributed by atoms with van der Waals surface area (Å²) in [5.74, 6) is -0.626. The molecule has 1 aromatic carbocycles. The number of rotatable bonds is 3. The van der Waals surface area contributed by atoms with Crippen LogP contribution in [0.4, 0.5) is 4.39 Å². The quantitative estimate of drug-likeness (QED) is 0.208. The van der Waals surface area contributed by atoms with Gasteiger partial charge in [0, 0.05) is 0 Å². The summed E-state index contributed by atoms with van der Waals surface area (Å²) < 4.78 is 59.2. The van der Waals surface area contributed by atoms with Crippen molar-refractivity contribution in [2.24, 2.45) is 0 Å². The Kier molecular flexibility index (Phi) is 4.38. The van der Waals surface area contributed by atoms with Gasteiger partial charge < -0.3 is 10.1 Å². The van der Waals surface area contributed by atoms with E-state index >= 15 is 0 Å². The van der Waals surface area contributed by atoms with Crippen LogP contribution in [0.25, 0.3) is 5.53 Å². The van der Waals surface area contributed by atoms with Gasteiger partial charge in [-0.2, -0.15) is 4.79 Å². The van der Waals surface area contributed by atoms with E-state index in [0.29, 0.717) is 12.8 Å². The fraction of sp³-hybridized carbons (Fsp3) is 0.417. The van der Waals surface area contributed by atoms with E-state index in [1.807, 2.05) is 0 Å². The van der Waals surface area contributed by atoms with Gasteiger partial charge in [-0.1, -0.05) is 12.8 Å². The van der Waals surface area contributed by atoms with Crippen molar-refractivity contribution in [1.29, 1.82) is 0 Å². The van der Waals surface area contributed by atoms with Gasteiger partial charge in [0.15, 0.2) is 0 Å². The van der Waals surface area contributed by atoms with Crippen molar-refractivity contribution >= 4 is 26.0 Å². The number of benzene rings is 1. The van der Waals surface area contributed by atoms with Crippen LogP contribution in [-0.2, 0) is 20.9 Å². The van der Waals surface area contributed by atoms with Crippen LogP contribution in [0.5, 0.6) is 0 Å². The van der Waals surface area contributed by atoms with Gasteiger partial charge >= 0.3 is 5.04 Å². The maximum absolute atomic E-state index is 12.9. The summed E-state index contributed by atoms with van der Waals surface area (Å²) in [6.07, 6.45) is 1.18. The molecule has 0 amide bonds. The van der Waals surface area contributed by atoms with E-state index in [-0.39, 0.29) is 17.7 Å². The molecule has 2 rings (SSSR count). The normalized spacial score (nSPS) is 19.0. The third-order valence-corrected chi connectivity index (χ3v) is 6.83. The van der Waals surface area contributed by atoms with Crippen LogP contribution in [0.1, 0.15) is 25.7 Å². The number of halogens is 1. The number of hydrogen-bond donors (Lipinski definition) is 0. The van der Waals surface area contributed by atoms with Crippen LogP contribution < -0.4 is 0 Å². The molecule has 9 heteroatoms.